The molecule has 4 heteroatoms. The van der Waals surface area contributed by atoms with Gasteiger partial charge in [0.25, 0.3) is 0 Å². The molecule has 20 heavy (non-hydrogen) atoms. The van der Waals surface area contributed by atoms with Crippen LogP contribution >= 0.6 is 12.4 Å². The SMILES string of the molecule is CNCCC1CCN(Cc2ccc(OC)cc2)CC1.Cl. The topological polar surface area (TPSA) is 24.5 Å². The second kappa shape index (κ2) is 9.22. The van der Waals surface area contributed by atoms with Crippen LogP contribution in [-0.4, -0.2) is 38.7 Å². The summed E-state index contributed by atoms with van der Waals surface area (Å²) in [6, 6.07) is 8.45. The Kier molecular flexibility index (Phi) is 7.97. The zero-order valence-electron chi connectivity index (χ0n) is 12.6. The van der Waals surface area contributed by atoms with E-state index in [0.717, 1.165) is 24.8 Å². The van der Waals surface area contributed by atoms with E-state index in [1.807, 2.05) is 7.05 Å². The summed E-state index contributed by atoms with van der Waals surface area (Å²) < 4.78 is 5.19. The summed E-state index contributed by atoms with van der Waals surface area (Å²) in [5, 5.41) is 3.25. The van der Waals surface area contributed by atoms with Crippen molar-refractivity contribution in [3.8, 4) is 5.75 Å². The number of nitrogens with one attached hydrogen (secondary N) is 1. The van der Waals surface area contributed by atoms with E-state index in [1.54, 1.807) is 7.11 Å². The molecule has 1 aromatic carbocycles. The first kappa shape index (κ1) is 17.3. The fourth-order valence-electron chi connectivity index (χ4n) is 2.77. The van der Waals surface area contributed by atoms with Gasteiger partial charge in [0, 0.05) is 6.54 Å². The summed E-state index contributed by atoms with van der Waals surface area (Å²) in [5.74, 6) is 1.86. The smallest absolute Gasteiger partial charge is 0.118 e. The number of hydrogen-bond donors (Lipinski definition) is 1. The number of methoxy groups -OCH3 is 1. The normalized spacial score (nSPS) is 16.7. The van der Waals surface area contributed by atoms with Gasteiger partial charge in [-0.05, 0) is 69.6 Å². The van der Waals surface area contributed by atoms with Crippen LogP contribution in [-0.2, 0) is 6.54 Å². The Labute approximate surface area is 129 Å². The van der Waals surface area contributed by atoms with E-state index in [4.69, 9.17) is 4.74 Å². The van der Waals surface area contributed by atoms with E-state index < -0.39 is 0 Å². The zero-order valence-corrected chi connectivity index (χ0v) is 13.4. The monoisotopic (exact) mass is 298 g/mol. The Morgan fingerprint density at radius 1 is 1.20 bits per heavy atom. The Morgan fingerprint density at radius 2 is 1.85 bits per heavy atom. The summed E-state index contributed by atoms with van der Waals surface area (Å²) in [7, 11) is 3.75. The van der Waals surface area contributed by atoms with Crippen molar-refractivity contribution in [3.05, 3.63) is 29.8 Å². The lowest BCUT2D eigenvalue weighted by molar-refractivity contribution is 0.172. The van der Waals surface area contributed by atoms with Gasteiger partial charge in [-0.2, -0.15) is 0 Å². The maximum Gasteiger partial charge on any atom is 0.118 e. The van der Waals surface area contributed by atoms with E-state index in [9.17, 15) is 0 Å². The molecule has 0 aromatic heterocycles. The predicted molar refractivity (Wildman–Crippen MR) is 86.8 cm³/mol. The standard InChI is InChI=1S/C16H26N2O.ClH/c1-17-10-7-14-8-11-18(12-9-14)13-15-3-5-16(19-2)6-4-15;/h3-6,14,17H,7-13H2,1-2H3;1H. The molecule has 0 amide bonds. The molecule has 3 nitrogen and oxygen atoms in total. The van der Waals surface area contributed by atoms with Gasteiger partial charge in [-0.3, -0.25) is 4.90 Å². The lowest BCUT2D eigenvalue weighted by Gasteiger charge is -2.32. The first-order chi connectivity index (χ1) is 9.31. The first-order valence-corrected chi connectivity index (χ1v) is 7.31. The van der Waals surface area contributed by atoms with Gasteiger partial charge in [0.1, 0.15) is 5.75 Å². The maximum atomic E-state index is 5.19. The minimum absolute atomic E-state index is 0. The van der Waals surface area contributed by atoms with E-state index >= 15 is 0 Å². The van der Waals surface area contributed by atoms with Crippen molar-refractivity contribution >= 4 is 12.4 Å². The Hall–Kier alpha value is -0.770. The lowest BCUT2D eigenvalue weighted by Crippen LogP contribution is -2.34. The molecule has 0 saturated carbocycles. The Morgan fingerprint density at radius 3 is 2.40 bits per heavy atom. The van der Waals surface area contributed by atoms with Crippen molar-refractivity contribution in [2.45, 2.75) is 25.8 Å². The molecule has 114 valence electrons. The van der Waals surface area contributed by atoms with Crippen molar-refractivity contribution in [3.63, 3.8) is 0 Å². The number of hydrogen-bond acceptors (Lipinski definition) is 3. The van der Waals surface area contributed by atoms with Crippen LogP contribution in [0.4, 0.5) is 0 Å². The van der Waals surface area contributed by atoms with Gasteiger partial charge < -0.3 is 10.1 Å². The van der Waals surface area contributed by atoms with Crippen LogP contribution in [0.1, 0.15) is 24.8 Å². The van der Waals surface area contributed by atoms with Gasteiger partial charge in [-0.15, -0.1) is 12.4 Å². The van der Waals surface area contributed by atoms with Crippen molar-refractivity contribution in [2.24, 2.45) is 5.92 Å². The average molecular weight is 299 g/mol. The maximum absolute atomic E-state index is 5.19. The van der Waals surface area contributed by atoms with Crippen LogP contribution < -0.4 is 10.1 Å². The number of piperidine rings is 1. The largest absolute Gasteiger partial charge is 0.497 e. The summed E-state index contributed by atoms with van der Waals surface area (Å²) >= 11 is 0. The molecular formula is C16H27ClN2O. The Balaban J connectivity index is 0.00000200. The molecule has 0 atom stereocenters. The highest BCUT2D eigenvalue weighted by Crippen LogP contribution is 2.22. The van der Waals surface area contributed by atoms with E-state index in [2.05, 4.69) is 34.5 Å². The Bertz CT molecular complexity index is 361. The molecule has 0 radical (unpaired) electrons. The minimum Gasteiger partial charge on any atom is -0.497 e. The van der Waals surface area contributed by atoms with Crippen molar-refractivity contribution in [2.75, 3.05) is 33.8 Å². The molecule has 0 unspecified atom stereocenters. The highest BCUT2D eigenvalue weighted by atomic mass is 35.5. The van der Waals surface area contributed by atoms with Gasteiger partial charge in [0.2, 0.25) is 0 Å². The van der Waals surface area contributed by atoms with Gasteiger partial charge in [-0.1, -0.05) is 12.1 Å². The average Bonchev–Trinajstić information content (AvgIpc) is 2.47. The molecule has 1 N–H and O–H groups in total. The predicted octanol–water partition coefficient (Wildman–Crippen LogP) is 2.94. The molecule has 1 aliphatic heterocycles. The molecule has 1 aromatic rings. The number of benzene rings is 1. The van der Waals surface area contributed by atoms with Crippen LogP contribution in [0.15, 0.2) is 24.3 Å². The van der Waals surface area contributed by atoms with Crippen LogP contribution in [0.2, 0.25) is 0 Å². The number of ether oxygens (including phenoxy) is 1. The van der Waals surface area contributed by atoms with Gasteiger partial charge in [-0.25, -0.2) is 0 Å². The van der Waals surface area contributed by atoms with Crippen molar-refractivity contribution < 1.29 is 4.74 Å². The van der Waals surface area contributed by atoms with Gasteiger partial charge in [0.05, 0.1) is 7.11 Å². The lowest BCUT2D eigenvalue weighted by atomic mass is 9.93. The third-order valence-electron chi connectivity index (χ3n) is 4.07. The highest BCUT2D eigenvalue weighted by molar-refractivity contribution is 5.85. The quantitative estimate of drug-likeness (QED) is 0.874. The summed E-state index contributed by atoms with van der Waals surface area (Å²) in [4.78, 5) is 2.57. The summed E-state index contributed by atoms with van der Waals surface area (Å²) in [6.45, 7) is 4.70. The number of nitrogens with zero attached hydrogens (tertiary/aromatic N) is 1. The number of halogens is 1. The second-order valence-corrected chi connectivity index (χ2v) is 5.46. The number of rotatable bonds is 6. The van der Waals surface area contributed by atoms with Crippen molar-refractivity contribution in [1.82, 2.24) is 10.2 Å². The van der Waals surface area contributed by atoms with Crippen LogP contribution in [0.3, 0.4) is 0 Å². The molecule has 1 saturated heterocycles. The zero-order chi connectivity index (χ0) is 13.5. The molecule has 1 fully saturated rings. The van der Waals surface area contributed by atoms with E-state index in [-0.39, 0.29) is 12.4 Å². The highest BCUT2D eigenvalue weighted by Gasteiger charge is 2.18. The molecular weight excluding hydrogens is 272 g/mol. The fourth-order valence-corrected chi connectivity index (χ4v) is 2.77. The van der Waals surface area contributed by atoms with Gasteiger partial charge >= 0.3 is 0 Å². The summed E-state index contributed by atoms with van der Waals surface area (Å²) in [5.41, 5.74) is 1.38. The van der Waals surface area contributed by atoms with Crippen LogP contribution in [0.5, 0.6) is 5.75 Å². The minimum atomic E-state index is 0. The van der Waals surface area contributed by atoms with E-state index in [0.29, 0.717) is 0 Å². The molecule has 0 aliphatic carbocycles. The fraction of sp³-hybridized carbons (Fsp3) is 0.625. The van der Waals surface area contributed by atoms with Gasteiger partial charge in [0.15, 0.2) is 0 Å². The molecule has 0 spiro atoms. The molecule has 0 bridgehead atoms. The van der Waals surface area contributed by atoms with Crippen LogP contribution in [0, 0.1) is 5.92 Å². The van der Waals surface area contributed by atoms with Crippen molar-refractivity contribution in [1.29, 1.82) is 0 Å². The van der Waals surface area contributed by atoms with Crippen LogP contribution in [0.25, 0.3) is 0 Å². The molecule has 1 aliphatic rings. The first-order valence-electron chi connectivity index (χ1n) is 7.31. The molecule has 1 heterocycles. The third-order valence-corrected chi connectivity index (χ3v) is 4.07. The number of likely N-dealkylation sites (tertiary alicyclic amines) is 1. The molecule has 2 rings (SSSR count). The third kappa shape index (κ3) is 5.31. The second-order valence-electron chi connectivity index (χ2n) is 5.46. The van der Waals surface area contributed by atoms with E-state index in [1.165, 1.54) is 37.9 Å². The summed E-state index contributed by atoms with van der Waals surface area (Å²) in [6.07, 6.45) is 4.02.